The van der Waals surface area contributed by atoms with E-state index in [-0.39, 0.29) is 6.04 Å². The van der Waals surface area contributed by atoms with Crippen molar-refractivity contribution in [2.24, 2.45) is 0 Å². The van der Waals surface area contributed by atoms with E-state index in [9.17, 15) is 0 Å². The average molecular weight is 373 g/mol. The van der Waals surface area contributed by atoms with Crippen molar-refractivity contribution in [1.29, 1.82) is 0 Å². The zero-order valence-electron chi connectivity index (χ0n) is 16.3. The topological polar surface area (TPSA) is 64.0 Å². The van der Waals surface area contributed by atoms with Crippen molar-refractivity contribution >= 4 is 0 Å². The van der Waals surface area contributed by atoms with Gasteiger partial charge in [0.1, 0.15) is 17.6 Å². The largest absolute Gasteiger partial charge is 0.497 e. The highest BCUT2D eigenvalue weighted by Gasteiger charge is 2.16. The van der Waals surface area contributed by atoms with E-state index in [1.807, 2.05) is 50.6 Å². The van der Waals surface area contributed by atoms with Crippen LogP contribution in [0.2, 0.25) is 0 Å². The molecule has 2 aromatic heterocycles. The maximum Gasteiger partial charge on any atom is 0.127 e. The van der Waals surface area contributed by atoms with Gasteiger partial charge in [-0.2, -0.15) is 0 Å². The predicted octanol–water partition coefficient (Wildman–Crippen LogP) is 3.06. The van der Waals surface area contributed by atoms with Gasteiger partial charge in [-0.15, -0.1) is 0 Å². The minimum absolute atomic E-state index is 0.171. The molecule has 0 amide bonds. The maximum atomic E-state index is 5.20. The van der Waals surface area contributed by atoms with E-state index in [4.69, 9.17) is 4.74 Å². The quantitative estimate of drug-likeness (QED) is 0.619. The minimum Gasteiger partial charge on any atom is -0.497 e. The van der Waals surface area contributed by atoms with Gasteiger partial charge in [0.05, 0.1) is 12.8 Å². The van der Waals surface area contributed by atoms with Gasteiger partial charge in [0.25, 0.3) is 0 Å². The number of methoxy groups -OCH3 is 1. The second-order valence-electron chi connectivity index (χ2n) is 6.30. The molecule has 1 atom stereocenters. The Morgan fingerprint density at radius 2 is 1.79 bits per heavy atom. The Hall–Kier alpha value is -3.30. The number of ether oxygens (including phenoxy) is 1. The number of nitrogens with zero attached hydrogens (tertiary/aromatic N) is 5. The Kier molecular flexibility index (Phi) is 6.66. The molecule has 0 radical (unpaired) electrons. The number of hydrogen-bond donors (Lipinski definition) is 0. The van der Waals surface area contributed by atoms with Crippen LogP contribution in [0.15, 0.2) is 55.2 Å². The molecule has 3 rings (SSSR count). The number of benzene rings is 1. The number of hydrogen-bond acceptors (Lipinski definition) is 6. The molecule has 28 heavy (non-hydrogen) atoms. The molecule has 0 spiro atoms. The van der Waals surface area contributed by atoms with Crippen molar-refractivity contribution in [2.45, 2.75) is 25.9 Å². The molecule has 0 aliphatic rings. The fourth-order valence-electron chi connectivity index (χ4n) is 2.72. The SMILES string of the molecule is CCc1ncc([C@H](C#Cc2ccc(OC)cc2)N(C)Cc2cnccn2)cn1. The van der Waals surface area contributed by atoms with Crippen LogP contribution in [0.1, 0.15) is 35.6 Å². The Morgan fingerprint density at radius 1 is 1.04 bits per heavy atom. The molecule has 0 N–H and O–H groups in total. The van der Waals surface area contributed by atoms with E-state index < -0.39 is 0 Å². The van der Waals surface area contributed by atoms with Crippen molar-refractivity contribution in [3.05, 3.63) is 77.9 Å². The van der Waals surface area contributed by atoms with Crippen LogP contribution in [0.4, 0.5) is 0 Å². The second-order valence-corrected chi connectivity index (χ2v) is 6.30. The third-order valence-corrected chi connectivity index (χ3v) is 4.27. The molecule has 6 heteroatoms. The Balaban J connectivity index is 1.87. The fraction of sp³-hybridized carbons (Fsp3) is 0.273. The Morgan fingerprint density at radius 3 is 2.39 bits per heavy atom. The molecule has 0 bridgehead atoms. The van der Waals surface area contributed by atoms with Gasteiger partial charge in [-0.25, -0.2) is 9.97 Å². The summed E-state index contributed by atoms with van der Waals surface area (Å²) >= 11 is 0. The van der Waals surface area contributed by atoms with E-state index in [0.29, 0.717) is 6.54 Å². The summed E-state index contributed by atoms with van der Waals surface area (Å²) in [5.41, 5.74) is 2.75. The van der Waals surface area contributed by atoms with E-state index in [0.717, 1.165) is 34.8 Å². The van der Waals surface area contributed by atoms with Crippen LogP contribution in [0, 0.1) is 11.8 Å². The van der Waals surface area contributed by atoms with Crippen molar-refractivity contribution in [3.8, 4) is 17.6 Å². The first-order valence-corrected chi connectivity index (χ1v) is 9.11. The summed E-state index contributed by atoms with van der Waals surface area (Å²) in [6, 6.07) is 7.53. The van der Waals surface area contributed by atoms with Gasteiger partial charge in [0, 0.05) is 55.1 Å². The van der Waals surface area contributed by atoms with E-state index in [1.165, 1.54) is 0 Å². The molecule has 6 nitrogen and oxygen atoms in total. The van der Waals surface area contributed by atoms with Gasteiger partial charge >= 0.3 is 0 Å². The first-order valence-electron chi connectivity index (χ1n) is 9.11. The van der Waals surface area contributed by atoms with E-state index in [1.54, 1.807) is 25.7 Å². The molecule has 3 aromatic rings. The highest BCUT2D eigenvalue weighted by molar-refractivity contribution is 5.40. The third kappa shape index (κ3) is 5.12. The van der Waals surface area contributed by atoms with Crippen LogP contribution in [0.5, 0.6) is 5.75 Å². The number of rotatable bonds is 6. The van der Waals surface area contributed by atoms with Crippen molar-refractivity contribution in [2.75, 3.05) is 14.2 Å². The molecule has 0 fully saturated rings. The van der Waals surface area contributed by atoms with E-state index >= 15 is 0 Å². The Labute approximate surface area is 165 Å². The zero-order valence-corrected chi connectivity index (χ0v) is 16.3. The van der Waals surface area contributed by atoms with Gasteiger partial charge in [-0.3, -0.25) is 14.9 Å². The molecule has 0 aliphatic heterocycles. The monoisotopic (exact) mass is 373 g/mol. The molecule has 0 unspecified atom stereocenters. The summed E-state index contributed by atoms with van der Waals surface area (Å²) < 4.78 is 5.20. The average Bonchev–Trinajstić information content (AvgIpc) is 2.75. The molecule has 2 heterocycles. The summed E-state index contributed by atoms with van der Waals surface area (Å²) in [6.07, 6.45) is 9.64. The van der Waals surface area contributed by atoms with Gasteiger partial charge in [0.15, 0.2) is 0 Å². The Bertz CT molecular complexity index is 931. The molecular weight excluding hydrogens is 350 g/mol. The summed E-state index contributed by atoms with van der Waals surface area (Å²) in [5.74, 6) is 8.24. The molecule has 1 aromatic carbocycles. The number of aromatic nitrogens is 4. The fourth-order valence-corrected chi connectivity index (χ4v) is 2.72. The van der Waals surface area contributed by atoms with Gasteiger partial charge in [-0.05, 0) is 31.3 Å². The first kappa shape index (κ1) is 19.5. The summed E-state index contributed by atoms with van der Waals surface area (Å²) in [6.45, 7) is 2.65. The van der Waals surface area contributed by atoms with Crippen molar-refractivity contribution in [1.82, 2.24) is 24.8 Å². The van der Waals surface area contributed by atoms with Crippen LogP contribution in [-0.2, 0) is 13.0 Å². The van der Waals surface area contributed by atoms with Crippen LogP contribution < -0.4 is 4.74 Å². The van der Waals surface area contributed by atoms with Gasteiger partial charge in [0.2, 0.25) is 0 Å². The normalized spacial score (nSPS) is 11.6. The van der Waals surface area contributed by atoms with Gasteiger partial charge in [-0.1, -0.05) is 18.8 Å². The van der Waals surface area contributed by atoms with Crippen LogP contribution in [0.25, 0.3) is 0 Å². The second kappa shape index (κ2) is 9.58. The summed E-state index contributed by atoms with van der Waals surface area (Å²) in [5, 5.41) is 0. The molecule has 142 valence electrons. The smallest absolute Gasteiger partial charge is 0.127 e. The molecular formula is C22H23N5O. The lowest BCUT2D eigenvalue weighted by Gasteiger charge is -2.23. The van der Waals surface area contributed by atoms with Gasteiger partial charge < -0.3 is 4.74 Å². The summed E-state index contributed by atoms with van der Waals surface area (Å²) in [4.78, 5) is 19.5. The highest BCUT2D eigenvalue weighted by atomic mass is 16.5. The molecule has 0 aliphatic carbocycles. The lowest BCUT2D eigenvalue weighted by molar-refractivity contribution is 0.280. The lowest BCUT2D eigenvalue weighted by Crippen LogP contribution is -2.24. The van der Waals surface area contributed by atoms with E-state index in [2.05, 4.69) is 36.7 Å². The van der Waals surface area contributed by atoms with Crippen molar-refractivity contribution in [3.63, 3.8) is 0 Å². The third-order valence-electron chi connectivity index (χ3n) is 4.27. The first-order chi connectivity index (χ1) is 13.7. The standard InChI is InChI=1S/C22H23N5O/c1-4-22-25-13-18(14-26-22)21(27(2)16-19-15-23-11-12-24-19)10-7-17-5-8-20(28-3)9-6-17/h5-6,8-9,11-15,21H,4,16H2,1-3H3/t21-/m0/s1. The number of aryl methyl sites for hydroxylation is 1. The maximum absolute atomic E-state index is 5.20. The molecule has 0 saturated carbocycles. The highest BCUT2D eigenvalue weighted by Crippen LogP contribution is 2.20. The summed E-state index contributed by atoms with van der Waals surface area (Å²) in [7, 11) is 3.66. The minimum atomic E-state index is -0.171. The molecule has 0 saturated heterocycles. The zero-order chi connectivity index (χ0) is 19.8. The van der Waals surface area contributed by atoms with Crippen LogP contribution >= 0.6 is 0 Å². The van der Waals surface area contributed by atoms with Crippen LogP contribution in [-0.4, -0.2) is 39.0 Å². The lowest BCUT2D eigenvalue weighted by atomic mass is 10.1. The van der Waals surface area contributed by atoms with Crippen LogP contribution in [0.3, 0.4) is 0 Å². The van der Waals surface area contributed by atoms with Crippen molar-refractivity contribution < 1.29 is 4.74 Å². The predicted molar refractivity (Wildman–Crippen MR) is 108 cm³/mol.